The summed E-state index contributed by atoms with van der Waals surface area (Å²) in [6.45, 7) is 11.2. The number of sulfonamides is 1. The number of nitrogens with zero attached hydrogens (tertiary/aromatic N) is 2. The lowest BCUT2D eigenvalue weighted by Gasteiger charge is -2.35. The molecule has 3 rings (SSSR count). The first-order valence-electron chi connectivity index (χ1n) is 13.4. The Bertz CT molecular complexity index is 1450. The molecule has 214 valence electrons. The summed E-state index contributed by atoms with van der Waals surface area (Å²) in [5.74, 6) is -0.757. The maximum absolute atomic E-state index is 14.2. The molecule has 0 aromatic heterocycles. The average molecular weight is 564 g/mol. The zero-order valence-electron chi connectivity index (χ0n) is 24.6. The summed E-state index contributed by atoms with van der Waals surface area (Å²) in [4.78, 5) is 29.5. The van der Waals surface area contributed by atoms with Gasteiger partial charge in [-0.2, -0.15) is 0 Å². The quantitative estimate of drug-likeness (QED) is 0.379. The SMILES string of the molecule is Cc1ccc(N(CC(=O)N(Cc2ccccc2C)[C@@H](Cc2ccccc2)C(=O)NC(C)(C)C)S(C)(=O)=O)cc1C. The van der Waals surface area contributed by atoms with Crippen molar-refractivity contribution in [2.24, 2.45) is 0 Å². The van der Waals surface area contributed by atoms with Gasteiger partial charge in [-0.15, -0.1) is 0 Å². The molecule has 1 N–H and O–H groups in total. The fourth-order valence-corrected chi connectivity index (χ4v) is 5.31. The number of carbonyl (C=O) groups excluding carboxylic acids is 2. The van der Waals surface area contributed by atoms with Crippen LogP contribution in [0.3, 0.4) is 0 Å². The van der Waals surface area contributed by atoms with Crippen LogP contribution in [0.5, 0.6) is 0 Å². The van der Waals surface area contributed by atoms with E-state index in [4.69, 9.17) is 0 Å². The average Bonchev–Trinajstić information content (AvgIpc) is 2.86. The summed E-state index contributed by atoms with van der Waals surface area (Å²) in [6, 6.07) is 21.7. The number of amides is 2. The summed E-state index contributed by atoms with van der Waals surface area (Å²) in [5, 5.41) is 3.04. The van der Waals surface area contributed by atoms with E-state index in [2.05, 4.69) is 5.32 Å². The van der Waals surface area contributed by atoms with Crippen molar-refractivity contribution >= 4 is 27.5 Å². The zero-order chi connectivity index (χ0) is 29.7. The lowest BCUT2D eigenvalue weighted by molar-refractivity contribution is -0.140. The molecule has 0 saturated carbocycles. The minimum absolute atomic E-state index is 0.158. The Balaban J connectivity index is 2.10. The number of rotatable bonds is 10. The van der Waals surface area contributed by atoms with Gasteiger partial charge in [-0.05, 0) is 81.5 Å². The second kappa shape index (κ2) is 12.7. The van der Waals surface area contributed by atoms with Crippen molar-refractivity contribution in [3.8, 4) is 0 Å². The largest absolute Gasteiger partial charge is 0.350 e. The van der Waals surface area contributed by atoms with Crippen LogP contribution in [-0.2, 0) is 32.6 Å². The number of aryl methyl sites for hydroxylation is 3. The van der Waals surface area contributed by atoms with Gasteiger partial charge in [0, 0.05) is 18.5 Å². The van der Waals surface area contributed by atoms with E-state index in [9.17, 15) is 18.0 Å². The molecule has 0 spiro atoms. The molecule has 0 aliphatic rings. The maximum Gasteiger partial charge on any atom is 0.244 e. The molecule has 3 aromatic rings. The van der Waals surface area contributed by atoms with Gasteiger partial charge in [-0.1, -0.05) is 60.7 Å². The Morgan fingerprint density at radius 3 is 2.05 bits per heavy atom. The third-order valence-corrected chi connectivity index (χ3v) is 7.97. The Labute approximate surface area is 239 Å². The first-order chi connectivity index (χ1) is 18.7. The summed E-state index contributed by atoms with van der Waals surface area (Å²) >= 11 is 0. The molecular formula is C32H41N3O4S. The number of hydrogen-bond donors (Lipinski definition) is 1. The second-order valence-corrected chi connectivity index (χ2v) is 13.3. The zero-order valence-corrected chi connectivity index (χ0v) is 25.4. The van der Waals surface area contributed by atoms with Crippen molar-refractivity contribution in [1.29, 1.82) is 0 Å². The van der Waals surface area contributed by atoms with Crippen molar-refractivity contribution in [1.82, 2.24) is 10.2 Å². The Morgan fingerprint density at radius 1 is 0.850 bits per heavy atom. The van der Waals surface area contributed by atoms with Gasteiger partial charge in [0.2, 0.25) is 21.8 Å². The van der Waals surface area contributed by atoms with Crippen LogP contribution in [0.25, 0.3) is 0 Å². The van der Waals surface area contributed by atoms with Crippen molar-refractivity contribution < 1.29 is 18.0 Å². The van der Waals surface area contributed by atoms with Crippen LogP contribution in [0, 0.1) is 20.8 Å². The molecule has 0 unspecified atom stereocenters. The predicted molar refractivity (Wildman–Crippen MR) is 162 cm³/mol. The van der Waals surface area contributed by atoms with Crippen LogP contribution in [0.15, 0.2) is 72.8 Å². The highest BCUT2D eigenvalue weighted by molar-refractivity contribution is 7.92. The molecule has 40 heavy (non-hydrogen) atoms. The molecule has 2 amide bonds. The number of anilines is 1. The molecule has 0 saturated heterocycles. The summed E-state index contributed by atoms with van der Waals surface area (Å²) < 4.78 is 27.0. The Hall–Kier alpha value is -3.65. The lowest BCUT2D eigenvalue weighted by atomic mass is 10.00. The fourth-order valence-electron chi connectivity index (χ4n) is 4.47. The van der Waals surface area contributed by atoms with Crippen molar-refractivity contribution in [2.75, 3.05) is 17.1 Å². The van der Waals surface area contributed by atoms with Crippen molar-refractivity contribution in [3.63, 3.8) is 0 Å². The standard InChI is InChI=1S/C32H41N3O4S/c1-23-17-18-28(19-25(23)3)35(40(7,38)39)22-30(36)34(21-27-16-12-11-13-24(27)2)29(31(37)33-32(4,5)6)20-26-14-9-8-10-15-26/h8-19,29H,20-22H2,1-7H3,(H,33,37)/t29-/m0/s1. The topological polar surface area (TPSA) is 86.8 Å². The van der Waals surface area contributed by atoms with Gasteiger partial charge in [0.25, 0.3) is 0 Å². The maximum atomic E-state index is 14.2. The van der Waals surface area contributed by atoms with E-state index >= 15 is 0 Å². The molecule has 7 nitrogen and oxygen atoms in total. The summed E-state index contributed by atoms with van der Waals surface area (Å²) in [7, 11) is -3.81. The molecule has 0 aliphatic carbocycles. The van der Waals surface area contributed by atoms with Crippen molar-refractivity contribution in [3.05, 3.63) is 101 Å². The Morgan fingerprint density at radius 2 is 1.48 bits per heavy atom. The minimum Gasteiger partial charge on any atom is -0.350 e. The molecule has 8 heteroatoms. The minimum atomic E-state index is -3.81. The summed E-state index contributed by atoms with van der Waals surface area (Å²) in [6.07, 6.45) is 1.37. The van der Waals surface area contributed by atoms with Crippen LogP contribution < -0.4 is 9.62 Å². The van der Waals surface area contributed by atoms with Gasteiger partial charge < -0.3 is 10.2 Å². The molecule has 0 bridgehead atoms. The van der Waals surface area contributed by atoms with E-state index in [0.29, 0.717) is 5.69 Å². The van der Waals surface area contributed by atoms with E-state index in [-0.39, 0.29) is 18.9 Å². The van der Waals surface area contributed by atoms with Gasteiger partial charge in [0.1, 0.15) is 12.6 Å². The van der Waals surface area contributed by atoms with Gasteiger partial charge in [0.15, 0.2) is 0 Å². The first kappa shape index (κ1) is 30.9. The highest BCUT2D eigenvalue weighted by Crippen LogP contribution is 2.23. The lowest BCUT2D eigenvalue weighted by Crippen LogP contribution is -2.56. The van der Waals surface area contributed by atoms with E-state index in [1.807, 2.05) is 102 Å². The third-order valence-electron chi connectivity index (χ3n) is 6.83. The van der Waals surface area contributed by atoms with E-state index < -0.39 is 34.1 Å². The van der Waals surface area contributed by atoms with Crippen molar-refractivity contribution in [2.45, 2.75) is 66.1 Å². The highest BCUT2D eigenvalue weighted by atomic mass is 32.2. The molecule has 0 fully saturated rings. The second-order valence-electron chi connectivity index (χ2n) is 11.4. The smallest absolute Gasteiger partial charge is 0.244 e. The van der Waals surface area contributed by atoms with Crippen LogP contribution in [0.4, 0.5) is 5.69 Å². The number of hydrogen-bond acceptors (Lipinski definition) is 4. The first-order valence-corrected chi connectivity index (χ1v) is 15.3. The highest BCUT2D eigenvalue weighted by Gasteiger charge is 2.34. The summed E-state index contributed by atoms with van der Waals surface area (Å²) in [5.41, 5.74) is 4.58. The van der Waals surface area contributed by atoms with E-state index in [1.54, 1.807) is 12.1 Å². The molecule has 1 atom stereocenters. The number of carbonyl (C=O) groups is 2. The van der Waals surface area contributed by atoms with Gasteiger partial charge in [-0.3, -0.25) is 13.9 Å². The Kier molecular flexibility index (Phi) is 9.79. The molecule has 0 heterocycles. The number of benzene rings is 3. The fraction of sp³-hybridized carbons (Fsp3) is 0.375. The van der Waals surface area contributed by atoms with E-state index in [0.717, 1.165) is 38.4 Å². The van der Waals surface area contributed by atoms with Gasteiger partial charge in [0.05, 0.1) is 11.9 Å². The number of nitrogens with one attached hydrogen (secondary N) is 1. The van der Waals surface area contributed by atoms with Crippen LogP contribution >= 0.6 is 0 Å². The third kappa shape index (κ3) is 8.42. The van der Waals surface area contributed by atoms with Crippen LogP contribution in [-0.4, -0.2) is 49.5 Å². The van der Waals surface area contributed by atoms with Crippen LogP contribution in [0.1, 0.15) is 48.6 Å². The molecule has 0 radical (unpaired) electrons. The normalized spacial score (nSPS) is 12.5. The predicted octanol–water partition coefficient (Wildman–Crippen LogP) is 4.93. The molecular weight excluding hydrogens is 522 g/mol. The van der Waals surface area contributed by atoms with Crippen LogP contribution in [0.2, 0.25) is 0 Å². The van der Waals surface area contributed by atoms with E-state index in [1.165, 1.54) is 4.90 Å². The molecule has 3 aromatic carbocycles. The molecule has 0 aliphatic heterocycles. The van der Waals surface area contributed by atoms with Gasteiger partial charge in [-0.25, -0.2) is 8.42 Å². The monoisotopic (exact) mass is 563 g/mol. The van der Waals surface area contributed by atoms with Gasteiger partial charge >= 0.3 is 0 Å².